The summed E-state index contributed by atoms with van der Waals surface area (Å²) in [5.74, 6) is 0.103. The van der Waals surface area contributed by atoms with Crippen LogP contribution in [0.5, 0.6) is 5.75 Å². The van der Waals surface area contributed by atoms with Gasteiger partial charge in [0, 0.05) is 5.56 Å². The number of methoxy groups -OCH3 is 1. The Morgan fingerprint density at radius 2 is 1.65 bits per heavy atom. The number of rotatable bonds is 6. The zero-order valence-corrected chi connectivity index (χ0v) is 17.9. The van der Waals surface area contributed by atoms with Gasteiger partial charge in [-0.2, -0.15) is 0 Å². The minimum Gasteiger partial charge on any atom is -0.495 e. The van der Waals surface area contributed by atoms with Crippen molar-refractivity contribution in [3.8, 4) is 5.75 Å². The fraction of sp³-hybridized carbons (Fsp3) is 0.143. The van der Waals surface area contributed by atoms with Crippen LogP contribution in [0.25, 0.3) is 0 Å². The molecule has 0 saturated carbocycles. The number of amides is 2. The van der Waals surface area contributed by atoms with E-state index in [0.29, 0.717) is 17.3 Å². The highest BCUT2D eigenvalue weighted by Crippen LogP contribution is 2.26. The van der Waals surface area contributed by atoms with Gasteiger partial charge >= 0.3 is 0 Å². The second-order valence-corrected chi connectivity index (χ2v) is 8.25. The lowest BCUT2D eigenvalue weighted by Crippen LogP contribution is -2.41. The number of hydrogen-bond acceptors (Lipinski definition) is 6. The molecule has 1 heterocycles. The van der Waals surface area contributed by atoms with Gasteiger partial charge in [0.15, 0.2) is 0 Å². The first kappa shape index (κ1) is 21.9. The molecular formula is C21H21N3O6S. The van der Waals surface area contributed by atoms with Crippen molar-refractivity contribution >= 4 is 27.5 Å². The van der Waals surface area contributed by atoms with Gasteiger partial charge in [-0.15, -0.1) is 0 Å². The van der Waals surface area contributed by atoms with Crippen molar-refractivity contribution in [1.82, 2.24) is 10.9 Å². The maximum absolute atomic E-state index is 12.8. The summed E-state index contributed by atoms with van der Waals surface area (Å²) in [4.78, 5) is 24.5. The lowest BCUT2D eigenvalue weighted by Gasteiger charge is -2.12. The number of ether oxygens (including phenoxy) is 1. The molecule has 3 N–H and O–H groups in total. The number of hydrazine groups is 1. The Bertz CT molecular complexity index is 1230. The molecule has 0 aliphatic carbocycles. The van der Waals surface area contributed by atoms with Gasteiger partial charge in [-0.05, 0) is 50.2 Å². The number of aryl methyl sites for hydroxylation is 2. The van der Waals surface area contributed by atoms with Crippen LogP contribution in [-0.4, -0.2) is 27.3 Å². The number of sulfonamides is 1. The van der Waals surface area contributed by atoms with E-state index in [-0.39, 0.29) is 21.7 Å². The molecule has 3 rings (SSSR count). The van der Waals surface area contributed by atoms with E-state index in [2.05, 4.69) is 15.6 Å². The number of furan rings is 1. The zero-order chi connectivity index (χ0) is 22.6. The Labute approximate surface area is 179 Å². The topological polar surface area (TPSA) is 127 Å². The number of hydrogen-bond donors (Lipinski definition) is 3. The van der Waals surface area contributed by atoms with Gasteiger partial charge in [0.25, 0.3) is 21.8 Å². The molecule has 2 aromatic carbocycles. The van der Waals surface area contributed by atoms with E-state index in [9.17, 15) is 18.0 Å². The van der Waals surface area contributed by atoms with Crippen LogP contribution >= 0.6 is 0 Å². The van der Waals surface area contributed by atoms with Gasteiger partial charge in [-0.25, -0.2) is 8.42 Å². The lowest BCUT2D eigenvalue weighted by atomic mass is 10.2. The van der Waals surface area contributed by atoms with Crippen molar-refractivity contribution in [2.45, 2.75) is 18.7 Å². The molecule has 0 unspecified atom stereocenters. The summed E-state index contributed by atoms with van der Waals surface area (Å²) in [6, 6.07) is 13.5. The van der Waals surface area contributed by atoms with Gasteiger partial charge in [0.05, 0.1) is 23.3 Å². The molecule has 31 heavy (non-hydrogen) atoms. The summed E-state index contributed by atoms with van der Waals surface area (Å²) in [5.41, 5.74) is 5.14. The fourth-order valence-electron chi connectivity index (χ4n) is 2.85. The van der Waals surface area contributed by atoms with Crippen molar-refractivity contribution in [1.29, 1.82) is 0 Å². The van der Waals surface area contributed by atoms with Crippen LogP contribution < -0.4 is 20.3 Å². The number of carbonyl (C=O) groups excluding carboxylic acids is 2. The van der Waals surface area contributed by atoms with Crippen LogP contribution in [0.3, 0.4) is 0 Å². The van der Waals surface area contributed by atoms with Crippen LogP contribution in [0.1, 0.15) is 32.2 Å². The lowest BCUT2D eigenvalue weighted by molar-refractivity contribution is 0.0845. The highest BCUT2D eigenvalue weighted by molar-refractivity contribution is 7.92. The average molecular weight is 443 g/mol. The fourth-order valence-corrected chi connectivity index (χ4v) is 3.96. The van der Waals surface area contributed by atoms with Crippen molar-refractivity contribution < 1.29 is 27.2 Å². The Kier molecular flexibility index (Phi) is 6.30. The summed E-state index contributed by atoms with van der Waals surface area (Å²) in [6.45, 7) is 3.33. The maximum Gasteiger partial charge on any atom is 0.273 e. The van der Waals surface area contributed by atoms with Crippen LogP contribution in [-0.2, 0) is 10.0 Å². The molecular weight excluding hydrogens is 422 g/mol. The predicted molar refractivity (Wildman–Crippen MR) is 113 cm³/mol. The highest BCUT2D eigenvalue weighted by Gasteiger charge is 2.19. The smallest absolute Gasteiger partial charge is 0.273 e. The van der Waals surface area contributed by atoms with E-state index in [0.717, 1.165) is 0 Å². The number of carbonyl (C=O) groups is 2. The molecule has 2 amide bonds. The standard InChI is InChI=1S/C21H21N3O6S/c1-13-11-17(14(2)30-13)21(26)23-22-20(25)15-7-6-8-16(12-15)31(27,28)24-18-9-4-5-10-19(18)29-3/h4-12,24H,1-3H3,(H,22,25)(H,23,26). The van der Waals surface area contributed by atoms with Crippen molar-refractivity contribution in [3.63, 3.8) is 0 Å². The molecule has 0 atom stereocenters. The summed E-state index contributed by atoms with van der Waals surface area (Å²) in [6.07, 6.45) is 0. The SMILES string of the molecule is COc1ccccc1NS(=O)(=O)c1cccc(C(=O)NNC(=O)c2cc(C)oc2C)c1. The molecule has 162 valence electrons. The van der Waals surface area contributed by atoms with Crippen LogP contribution in [0.4, 0.5) is 5.69 Å². The molecule has 10 heteroatoms. The molecule has 0 saturated heterocycles. The quantitative estimate of drug-likeness (QED) is 0.503. The molecule has 3 aromatic rings. The van der Waals surface area contributed by atoms with Gasteiger partial charge < -0.3 is 9.15 Å². The van der Waals surface area contributed by atoms with E-state index in [1.165, 1.54) is 31.4 Å². The molecule has 0 aliphatic heterocycles. The first-order valence-electron chi connectivity index (χ1n) is 9.15. The zero-order valence-electron chi connectivity index (χ0n) is 17.1. The van der Waals surface area contributed by atoms with Gasteiger partial charge in [0.1, 0.15) is 17.3 Å². The average Bonchev–Trinajstić information content (AvgIpc) is 3.10. The monoisotopic (exact) mass is 443 g/mol. The first-order chi connectivity index (χ1) is 14.7. The molecule has 9 nitrogen and oxygen atoms in total. The number of nitrogens with one attached hydrogen (secondary N) is 3. The van der Waals surface area contributed by atoms with Gasteiger partial charge in [-0.3, -0.25) is 25.2 Å². The van der Waals surface area contributed by atoms with E-state index < -0.39 is 21.8 Å². The summed E-state index contributed by atoms with van der Waals surface area (Å²) >= 11 is 0. The van der Waals surface area contributed by atoms with E-state index >= 15 is 0 Å². The molecule has 0 fully saturated rings. The van der Waals surface area contributed by atoms with Crippen molar-refractivity contribution in [2.75, 3.05) is 11.8 Å². The van der Waals surface area contributed by atoms with E-state index in [1.54, 1.807) is 44.2 Å². The van der Waals surface area contributed by atoms with E-state index in [4.69, 9.17) is 9.15 Å². The van der Waals surface area contributed by atoms with Crippen LogP contribution in [0, 0.1) is 13.8 Å². The second kappa shape index (κ2) is 8.92. The van der Waals surface area contributed by atoms with Crippen molar-refractivity contribution in [2.24, 2.45) is 0 Å². The molecule has 0 bridgehead atoms. The minimum atomic E-state index is -3.99. The van der Waals surface area contributed by atoms with Crippen LogP contribution in [0.15, 0.2) is 63.9 Å². The third kappa shape index (κ3) is 5.04. The highest BCUT2D eigenvalue weighted by atomic mass is 32.2. The molecule has 0 aliphatic rings. The molecule has 0 spiro atoms. The summed E-state index contributed by atoms with van der Waals surface area (Å²) in [7, 11) is -2.56. The summed E-state index contributed by atoms with van der Waals surface area (Å²) in [5, 5.41) is 0. The van der Waals surface area contributed by atoms with Gasteiger partial charge in [-0.1, -0.05) is 18.2 Å². The third-order valence-corrected chi connectivity index (χ3v) is 5.70. The predicted octanol–water partition coefficient (Wildman–Crippen LogP) is 2.78. The maximum atomic E-state index is 12.8. The minimum absolute atomic E-state index is 0.0447. The molecule has 0 radical (unpaired) electrons. The van der Waals surface area contributed by atoms with Gasteiger partial charge in [0.2, 0.25) is 0 Å². The normalized spacial score (nSPS) is 10.9. The van der Waals surface area contributed by atoms with Crippen LogP contribution in [0.2, 0.25) is 0 Å². The Balaban J connectivity index is 1.73. The second-order valence-electron chi connectivity index (χ2n) is 6.57. The number of para-hydroxylation sites is 2. The van der Waals surface area contributed by atoms with E-state index in [1.807, 2.05) is 0 Å². The largest absolute Gasteiger partial charge is 0.495 e. The van der Waals surface area contributed by atoms with Crippen molar-refractivity contribution in [3.05, 3.63) is 77.2 Å². The number of anilines is 1. The summed E-state index contributed by atoms with van der Waals surface area (Å²) < 4.78 is 38.4. The Morgan fingerprint density at radius 1 is 0.935 bits per heavy atom. The Morgan fingerprint density at radius 3 is 2.32 bits per heavy atom. The molecule has 1 aromatic heterocycles. The third-order valence-electron chi connectivity index (χ3n) is 4.33. The Hall–Kier alpha value is -3.79. The number of benzene rings is 2. The first-order valence-corrected chi connectivity index (χ1v) is 10.6.